The van der Waals surface area contributed by atoms with Crippen molar-refractivity contribution >= 4 is 11.7 Å². The quantitative estimate of drug-likeness (QED) is 0.830. The van der Waals surface area contributed by atoms with Gasteiger partial charge >= 0.3 is 5.97 Å². The molecule has 0 radical (unpaired) electrons. The Morgan fingerprint density at radius 1 is 1.21 bits per heavy atom. The summed E-state index contributed by atoms with van der Waals surface area (Å²) in [6, 6.07) is 12.9. The number of carbonyl (C=O) groups is 1. The molecule has 0 aliphatic carbocycles. The Morgan fingerprint density at radius 2 is 1.95 bits per heavy atom. The van der Waals surface area contributed by atoms with E-state index in [1.54, 1.807) is 30.3 Å². The highest BCUT2D eigenvalue weighted by Crippen LogP contribution is 2.24. The number of benzene rings is 2. The van der Waals surface area contributed by atoms with Crippen LogP contribution in [0, 0.1) is 5.82 Å². The minimum Gasteiger partial charge on any atom is -0.481 e. The number of carboxylic acid groups (broad SMARTS) is 1. The Kier molecular flexibility index (Phi) is 3.80. The van der Waals surface area contributed by atoms with Crippen LogP contribution in [0.2, 0.25) is 0 Å². The molecule has 0 aromatic heterocycles. The molecule has 0 saturated carbocycles. The van der Waals surface area contributed by atoms with Crippen molar-refractivity contribution in [2.24, 2.45) is 0 Å². The second kappa shape index (κ2) is 5.52. The van der Waals surface area contributed by atoms with Gasteiger partial charge in [-0.05, 0) is 30.2 Å². The summed E-state index contributed by atoms with van der Waals surface area (Å²) < 4.78 is 13.7. The normalized spacial score (nSPS) is 12.1. The third kappa shape index (κ3) is 3.10. The summed E-state index contributed by atoms with van der Waals surface area (Å²) in [5, 5.41) is 9.28. The lowest BCUT2D eigenvalue weighted by molar-refractivity contribution is -0.138. The summed E-state index contributed by atoms with van der Waals surface area (Å²) in [5.74, 6) is -2.46. The average molecular weight is 259 g/mol. The van der Waals surface area contributed by atoms with Crippen molar-refractivity contribution in [1.82, 2.24) is 0 Å². The first kappa shape index (κ1) is 13.1. The second-order valence-corrected chi connectivity index (χ2v) is 4.36. The number of hydrogen-bond donors (Lipinski definition) is 2. The summed E-state index contributed by atoms with van der Waals surface area (Å²) in [4.78, 5) is 11.3. The molecule has 2 rings (SSSR count). The van der Waals surface area contributed by atoms with Gasteiger partial charge in [0.05, 0.1) is 5.92 Å². The van der Waals surface area contributed by atoms with Crippen molar-refractivity contribution in [3.8, 4) is 0 Å². The van der Waals surface area contributed by atoms with E-state index in [0.717, 1.165) is 5.56 Å². The van der Waals surface area contributed by atoms with Crippen LogP contribution >= 0.6 is 0 Å². The van der Waals surface area contributed by atoms with Crippen LogP contribution < -0.4 is 5.73 Å². The van der Waals surface area contributed by atoms with Crippen molar-refractivity contribution in [3.05, 3.63) is 65.5 Å². The van der Waals surface area contributed by atoms with Gasteiger partial charge in [0.15, 0.2) is 0 Å². The van der Waals surface area contributed by atoms with E-state index < -0.39 is 17.7 Å². The summed E-state index contributed by atoms with van der Waals surface area (Å²) in [6.07, 6.45) is 0.210. The predicted molar refractivity (Wildman–Crippen MR) is 71.3 cm³/mol. The molecular formula is C15H14FNO2. The molecule has 2 aromatic carbocycles. The van der Waals surface area contributed by atoms with E-state index >= 15 is 0 Å². The zero-order chi connectivity index (χ0) is 13.8. The largest absolute Gasteiger partial charge is 0.481 e. The first-order valence-electron chi connectivity index (χ1n) is 5.89. The van der Waals surface area contributed by atoms with Crippen molar-refractivity contribution in [3.63, 3.8) is 0 Å². The van der Waals surface area contributed by atoms with Gasteiger partial charge < -0.3 is 10.8 Å². The maximum absolute atomic E-state index is 13.7. The topological polar surface area (TPSA) is 63.3 Å². The van der Waals surface area contributed by atoms with Crippen LogP contribution in [-0.2, 0) is 11.2 Å². The van der Waals surface area contributed by atoms with Gasteiger partial charge in [0, 0.05) is 11.3 Å². The first-order chi connectivity index (χ1) is 9.08. The van der Waals surface area contributed by atoms with Crippen LogP contribution in [0.3, 0.4) is 0 Å². The monoisotopic (exact) mass is 259 g/mol. The first-order valence-corrected chi connectivity index (χ1v) is 5.89. The Bertz CT molecular complexity index is 598. The maximum atomic E-state index is 13.7. The molecule has 0 bridgehead atoms. The van der Waals surface area contributed by atoms with E-state index in [9.17, 15) is 14.3 Å². The molecule has 1 atom stereocenters. The van der Waals surface area contributed by atoms with Crippen LogP contribution in [-0.4, -0.2) is 11.1 Å². The lowest BCUT2D eigenvalue weighted by atomic mass is 9.91. The second-order valence-electron chi connectivity index (χ2n) is 4.36. The minimum atomic E-state index is -1.05. The minimum absolute atomic E-state index is 0.192. The molecule has 0 amide bonds. The third-order valence-corrected chi connectivity index (χ3v) is 2.97. The maximum Gasteiger partial charge on any atom is 0.311 e. The molecule has 0 heterocycles. The van der Waals surface area contributed by atoms with E-state index in [-0.39, 0.29) is 12.0 Å². The van der Waals surface area contributed by atoms with Gasteiger partial charge in [-0.15, -0.1) is 0 Å². The van der Waals surface area contributed by atoms with Crippen LogP contribution in [0.15, 0.2) is 48.5 Å². The van der Waals surface area contributed by atoms with Crippen molar-refractivity contribution in [2.75, 3.05) is 5.73 Å². The Morgan fingerprint density at radius 3 is 2.58 bits per heavy atom. The van der Waals surface area contributed by atoms with Crippen LogP contribution in [0.25, 0.3) is 0 Å². The molecule has 19 heavy (non-hydrogen) atoms. The van der Waals surface area contributed by atoms with E-state index in [2.05, 4.69) is 0 Å². The number of aliphatic carboxylic acids is 1. The van der Waals surface area contributed by atoms with Crippen LogP contribution in [0.5, 0.6) is 0 Å². The standard InChI is InChI=1S/C15H14FNO2/c16-14-7-2-1-6-12(14)13(15(18)19)9-10-4-3-5-11(17)8-10/h1-8,13H,9,17H2,(H,18,19). The number of rotatable bonds is 4. The summed E-state index contributed by atoms with van der Waals surface area (Å²) in [5.41, 5.74) is 7.19. The zero-order valence-electron chi connectivity index (χ0n) is 10.2. The van der Waals surface area contributed by atoms with Gasteiger partial charge in [-0.1, -0.05) is 30.3 Å². The molecule has 1 unspecified atom stereocenters. The Labute approximate surface area is 110 Å². The van der Waals surface area contributed by atoms with Crippen molar-refractivity contribution in [2.45, 2.75) is 12.3 Å². The number of hydrogen-bond acceptors (Lipinski definition) is 2. The predicted octanol–water partition coefficient (Wildman–Crippen LogP) is 2.82. The molecule has 0 spiro atoms. The van der Waals surface area contributed by atoms with E-state index in [0.29, 0.717) is 5.69 Å². The SMILES string of the molecule is Nc1cccc(CC(C(=O)O)c2ccccc2F)c1. The molecule has 0 aliphatic rings. The summed E-state index contributed by atoms with van der Waals surface area (Å²) in [7, 11) is 0. The Balaban J connectivity index is 2.32. The summed E-state index contributed by atoms with van der Waals surface area (Å²) in [6.45, 7) is 0. The van der Waals surface area contributed by atoms with Gasteiger partial charge in [0.25, 0.3) is 0 Å². The molecule has 0 fully saturated rings. The number of nitrogen functional groups attached to an aromatic ring is 1. The molecular weight excluding hydrogens is 245 g/mol. The fourth-order valence-corrected chi connectivity index (χ4v) is 2.04. The highest BCUT2D eigenvalue weighted by molar-refractivity contribution is 5.76. The lowest BCUT2D eigenvalue weighted by Gasteiger charge is -2.14. The van der Waals surface area contributed by atoms with Gasteiger partial charge in [-0.2, -0.15) is 0 Å². The van der Waals surface area contributed by atoms with E-state index in [1.165, 1.54) is 18.2 Å². The fourth-order valence-electron chi connectivity index (χ4n) is 2.04. The molecule has 0 aliphatic heterocycles. The molecule has 0 saturated heterocycles. The smallest absolute Gasteiger partial charge is 0.311 e. The molecule has 3 nitrogen and oxygen atoms in total. The number of halogens is 1. The van der Waals surface area contributed by atoms with Gasteiger partial charge in [-0.25, -0.2) is 4.39 Å². The van der Waals surface area contributed by atoms with Gasteiger partial charge in [0.1, 0.15) is 5.82 Å². The van der Waals surface area contributed by atoms with Crippen LogP contribution in [0.4, 0.5) is 10.1 Å². The number of carboxylic acids is 1. The van der Waals surface area contributed by atoms with E-state index in [4.69, 9.17) is 5.73 Å². The molecule has 2 aromatic rings. The Hall–Kier alpha value is -2.36. The van der Waals surface area contributed by atoms with Gasteiger partial charge in [-0.3, -0.25) is 4.79 Å². The molecule has 3 N–H and O–H groups in total. The summed E-state index contributed by atoms with van der Waals surface area (Å²) >= 11 is 0. The number of anilines is 1. The highest BCUT2D eigenvalue weighted by Gasteiger charge is 2.23. The van der Waals surface area contributed by atoms with Crippen LogP contribution in [0.1, 0.15) is 17.0 Å². The van der Waals surface area contributed by atoms with Crippen molar-refractivity contribution in [1.29, 1.82) is 0 Å². The number of nitrogens with two attached hydrogens (primary N) is 1. The molecule has 98 valence electrons. The lowest BCUT2D eigenvalue weighted by Crippen LogP contribution is -2.16. The highest BCUT2D eigenvalue weighted by atomic mass is 19.1. The third-order valence-electron chi connectivity index (χ3n) is 2.97. The van der Waals surface area contributed by atoms with Crippen molar-refractivity contribution < 1.29 is 14.3 Å². The molecule has 4 heteroatoms. The van der Waals surface area contributed by atoms with Gasteiger partial charge in [0.2, 0.25) is 0 Å². The fraction of sp³-hybridized carbons (Fsp3) is 0.133. The average Bonchev–Trinajstić information content (AvgIpc) is 2.37. The zero-order valence-corrected chi connectivity index (χ0v) is 10.2. The van der Waals surface area contributed by atoms with E-state index in [1.807, 2.05) is 0 Å².